The van der Waals surface area contributed by atoms with E-state index in [0.29, 0.717) is 24.7 Å². The van der Waals surface area contributed by atoms with E-state index < -0.39 is 11.2 Å². The van der Waals surface area contributed by atoms with Crippen LogP contribution in [0.5, 0.6) is 0 Å². The second kappa shape index (κ2) is 5.25. The number of carbonyl (C=O) groups is 1. The van der Waals surface area contributed by atoms with Crippen molar-refractivity contribution >= 4 is 6.09 Å². The van der Waals surface area contributed by atoms with Gasteiger partial charge in [-0.2, -0.15) is 5.26 Å². The number of fused-ring (bicyclic) bond motifs is 1. The molecule has 112 valence electrons. The Hall–Kier alpha value is -1.28. The number of alkyl carbamates (subject to hydrolysis) is 1. The predicted octanol–water partition coefficient (Wildman–Crippen LogP) is 2.34. The summed E-state index contributed by atoms with van der Waals surface area (Å²) in [6.07, 6.45) is 3.40. The van der Waals surface area contributed by atoms with Crippen LogP contribution in [0.3, 0.4) is 0 Å². The van der Waals surface area contributed by atoms with Gasteiger partial charge in [0.2, 0.25) is 0 Å². The first kappa shape index (κ1) is 15.1. The van der Waals surface area contributed by atoms with Crippen molar-refractivity contribution in [1.29, 1.82) is 5.26 Å². The van der Waals surface area contributed by atoms with Gasteiger partial charge in [0.15, 0.2) is 5.60 Å². The lowest BCUT2D eigenvalue weighted by Gasteiger charge is -2.32. The van der Waals surface area contributed by atoms with Gasteiger partial charge in [-0.15, -0.1) is 0 Å². The molecule has 2 fully saturated rings. The maximum atomic E-state index is 11.8. The van der Waals surface area contributed by atoms with Crippen molar-refractivity contribution < 1.29 is 14.6 Å². The van der Waals surface area contributed by atoms with Crippen molar-refractivity contribution in [1.82, 2.24) is 5.32 Å². The van der Waals surface area contributed by atoms with Crippen LogP contribution < -0.4 is 5.32 Å². The Morgan fingerprint density at radius 2 is 2.00 bits per heavy atom. The van der Waals surface area contributed by atoms with Gasteiger partial charge < -0.3 is 15.2 Å². The lowest BCUT2D eigenvalue weighted by Crippen LogP contribution is -2.42. The van der Waals surface area contributed by atoms with E-state index in [9.17, 15) is 9.90 Å². The normalized spacial score (nSPS) is 36.9. The number of hydrogen-bond acceptors (Lipinski definition) is 4. The van der Waals surface area contributed by atoms with Crippen LogP contribution in [0.2, 0.25) is 0 Å². The number of carbonyl (C=O) groups excluding carboxylic acids is 1. The molecule has 2 N–H and O–H groups in total. The highest BCUT2D eigenvalue weighted by atomic mass is 16.6. The highest BCUT2D eigenvalue weighted by Crippen LogP contribution is 2.46. The van der Waals surface area contributed by atoms with Crippen LogP contribution in [-0.4, -0.2) is 28.4 Å². The van der Waals surface area contributed by atoms with Crippen molar-refractivity contribution in [2.75, 3.05) is 0 Å². The monoisotopic (exact) mass is 280 g/mol. The second-order valence-electron chi connectivity index (χ2n) is 7.23. The Bertz CT molecular complexity index is 424. The van der Waals surface area contributed by atoms with Gasteiger partial charge in [0, 0.05) is 6.04 Å². The van der Waals surface area contributed by atoms with Crippen molar-refractivity contribution in [2.45, 2.75) is 70.1 Å². The molecule has 0 aromatic rings. The zero-order valence-electron chi connectivity index (χ0n) is 12.5. The standard InChI is InChI=1S/C15H24N2O3/c1-14(2,3)20-13(18)17-12-5-4-10-7-15(19,9-16)8-11(10)6-12/h10-12,19H,4-8H2,1-3H3,(H,17,18)/t10-,11-,12?,15-/m0/s1. The number of nitrogens with one attached hydrogen (secondary N) is 1. The first-order valence-electron chi connectivity index (χ1n) is 7.34. The number of aliphatic hydroxyl groups is 1. The van der Waals surface area contributed by atoms with Crippen molar-refractivity contribution in [3.63, 3.8) is 0 Å². The molecule has 2 rings (SSSR count). The van der Waals surface area contributed by atoms with Crippen LogP contribution in [0.15, 0.2) is 0 Å². The molecule has 1 amide bonds. The minimum atomic E-state index is -1.16. The summed E-state index contributed by atoms with van der Waals surface area (Å²) in [5.74, 6) is 0.740. The molecule has 1 unspecified atom stereocenters. The number of nitriles is 1. The van der Waals surface area contributed by atoms with E-state index in [2.05, 4.69) is 5.32 Å². The molecule has 2 saturated carbocycles. The maximum Gasteiger partial charge on any atom is 0.407 e. The topological polar surface area (TPSA) is 82.3 Å². The third-order valence-corrected chi connectivity index (χ3v) is 4.27. The molecule has 0 spiro atoms. The predicted molar refractivity (Wildman–Crippen MR) is 73.8 cm³/mol. The fourth-order valence-electron chi connectivity index (χ4n) is 3.49. The first-order chi connectivity index (χ1) is 9.21. The molecule has 0 radical (unpaired) electrons. The molecule has 5 heteroatoms. The van der Waals surface area contributed by atoms with Crippen molar-refractivity contribution in [2.24, 2.45) is 11.8 Å². The summed E-state index contributed by atoms with van der Waals surface area (Å²) in [5, 5.41) is 22.0. The van der Waals surface area contributed by atoms with Gasteiger partial charge in [0.05, 0.1) is 6.07 Å². The van der Waals surface area contributed by atoms with Gasteiger partial charge in [-0.1, -0.05) is 0 Å². The fraction of sp³-hybridized carbons (Fsp3) is 0.867. The molecule has 5 nitrogen and oxygen atoms in total. The van der Waals surface area contributed by atoms with Gasteiger partial charge in [-0.3, -0.25) is 0 Å². The third kappa shape index (κ3) is 3.63. The number of nitrogens with zero attached hydrogens (tertiary/aromatic N) is 1. The molecule has 0 aromatic carbocycles. The molecule has 2 aliphatic rings. The van der Waals surface area contributed by atoms with E-state index in [1.54, 1.807) is 0 Å². The summed E-state index contributed by atoms with van der Waals surface area (Å²) in [6.45, 7) is 5.52. The lowest BCUT2D eigenvalue weighted by atomic mass is 9.79. The zero-order chi connectivity index (χ0) is 15.0. The van der Waals surface area contributed by atoms with Crippen LogP contribution in [0.4, 0.5) is 4.79 Å². The Kier molecular flexibility index (Phi) is 3.97. The average molecular weight is 280 g/mol. The Balaban J connectivity index is 1.87. The molecule has 0 bridgehead atoms. The number of ether oxygens (including phenoxy) is 1. The van der Waals surface area contributed by atoms with Crippen LogP contribution in [-0.2, 0) is 4.74 Å². The molecule has 4 atom stereocenters. The van der Waals surface area contributed by atoms with E-state index in [-0.39, 0.29) is 12.1 Å². The largest absolute Gasteiger partial charge is 0.444 e. The Morgan fingerprint density at radius 1 is 1.35 bits per heavy atom. The molecular formula is C15H24N2O3. The highest BCUT2D eigenvalue weighted by molar-refractivity contribution is 5.68. The van der Waals surface area contributed by atoms with Crippen molar-refractivity contribution in [3.8, 4) is 6.07 Å². The van der Waals surface area contributed by atoms with E-state index >= 15 is 0 Å². The van der Waals surface area contributed by atoms with Gasteiger partial charge in [0.1, 0.15) is 5.60 Å². The molecule has 2 aliphatic carbocycles. The Morgan fingerprint density at radius 3 is 2.60 bits per heavy atom. The molecule has 0 aliphatic heterocycles. The van der Waals surface area contributed by atoms with Gasteiger partial charge in [0.25, 0.3) is 0 Å². The summed E-state index contributed by atoms with van der Waals surface area (Å²) in [7, 11) is 0. The summed E-state index contributed by atoms with van der Waals surface area (Å²) in [4.78, 5) is 11.8. The van der Waals surface area contributed by atoms with Gasteiger partial charge in [-0.05, 0) is 64.7 Å². The molecule has 0 aromatic heterocycles. The number of rotatable bonds is 1. The van der Waals surface area contributed by atoms with Crippen LogP contribution in [0.25, 0.3) is 0 Å². The summed E-state index contributed by atoms with van der Waals surface area (Å²) in [6, 6.07) is 2.12. The number of amides is 1. The van der Waals surface area contributed by atoms with E-state index in [0.717, 1.165) is 19.3 Å². The van der Waals surface area contributed by atoms with E-state index in [1.165, 1.54) is 0 Å². The number of hydrogen-bond donors (Lipinski definition) is 2. The van der Waals surface area contributed by atoms with Crippen LogP contribution in [0, 0.1) is 23.2 Å². The van der Waals surface area contributed by atoms with E-state index in [1.807, 2.05) is 26.8 Å². The van der Waals surface area contributed by atoms with Crippen LogP contribution >= 0.6 is 0 Å². The fourth-order valence-corrected chi connectivity index (χ4v) is 3.49. The smallest absolute Gasteiger partial charge is 0.407 e. The average Bonchev–Trinajstić information content (AvgIpc) is 2.63. The highest BCUT2D eigenvalue weighted by Gasteiger charge is 2.46. The van der Waals surface area contributed by atoms with Gasteiger partial charge in [-0.25, -0.2) is 4.79 Å². The Labute approximate surface area is 120 Å². The third-order valence-electron chi connectivity index (χ3n) is 4.27. The lowest BCUT2D eigenvalue weighted by molar-refractivity contribution is 0.0476. The summed E-state index contributed by atoms with van der Waals surface area (Å²) >= 11 is 0. The maximum absolute atomic E-state index is 11.8. The van der Waals surface area contributed by atoms with Gasteiger partial charge >= 0.3 is 6.09 Å². The molecular weight excluding hydrogens is 256 g/mol. The SMILES string of the molecule is CC(C)(C)OC(=O)NC1CC[C@H]2C[C@@](O)(C#N)C[C@@H]2C1. The first-order valence-corrected chi connectivity index (χ1v) is 7.34. The van der Waals surface area contributed by atoms with Crippen molar-refractivity contribution in [3.05, 3.63) is 0 Å². The zero-order valence-corrected chi connectivity index (χ0v) is 12.5. The minimum absolute atomic E-state index is 0.0899. The summed E-state index contributed by atoms with van der Waals surface area (Å²) in [5.41, 5.74) is -1.65. The summed E-state index contributed by atoms with van der Waals surface area (Å²) < 4.78 is 5.26. The quantitative estimate of drug-likeness (QED) is 0.722. The van der Waals surface area contributed by atoms with E-state index in [4.69, 9.17) is 10.00 Å². The second-order valence-corrected chi connectivity index (χ2v) is 7.23. The molecule has 0 saturated heterocycles. The minimum Gasteiger partial charge on any atom is -0.444 e. The van der Waals surface area contributed by atoms with Crippen LogP contribution in [0.1, 0.15) is 52.9 Å². The molecule has 20 heavy (non-hydrogen) atoms. The molecule has 0 heterocycles.